The van der Waals surface area contributed by atoms with Gasteiger partial charge in [0.2, 0.25) is 23.5 Å². The number of anilines is 1. The molecule has 1 amide bonds. The molecule has 31 heavy (non-hydrogen) atoms. The monoisotopic (exact) mass is 442 g/mol. The predicted molar refractivity (Wildman–Crippen MR) is 115 cm³/mol. The van der Waals surface area contributed by atoms with Crippen LogP contribution >= 0.6 is 11.6 Å². The first-order valence-corrected chi connectivity index (χ1v) is 10.5. The molecule has 0 saturated carbocycles. The Balaban J connectivity index is 1.22. The number of carbonyl (C=O) groups excluding carboxylic acids is 1. The van der Waals surface area contributed by atoms with E-state index in [0.717, 1.165) is 11.4 Å². The number of rotatable bonds is 7. The zero-order valence-corrected chi connectivity index (χ0v) is 18.0. The van der Waals surface area contributed by atoms with Gasteiger partial charge in [-0.3, -0.25) is 9.78 Å². The molecule has 0 atom stereocenters. The first kappa shape index (κ1) is 21.0. The molecule has 4 rings (SSSR count). The number of hydrogen-bond acceptors (Lipinski definition) is 8. The van der Waals surface area contributed by atoms with Gasteiger partial charge < -0.3 is 19.1 Å². The van der Waals surface area contributed by atoms with Crippen molar-refractivity contribution < 1.29 is 14.1 Å². The molecule has 1 aliphatic rings. The number of piperazine rings is 1. The van der Waals surface area contributed by atoms with Crippen molar-refractivity contribution in [2.45, 2.75) is 19.3 Å². The molecule has 0 bridgehead atoms. The Hall–Kier alpha value is -3.20. The van der Waals surface area contributed by atoms with Crippen LogP contribution in [0.2, 0.25) is 5.02 Å². The minimum absolute atomic E-state index is 0.133. The normalized spacial score (nSPS) is 14.0. The highest BCUT2D eigenvalue weighted by molar-refractivity contribution is 6.30. The summed E-state index contributed by atoms with van der Waals surface area (Å²) in [5, 5.41) is 4.66. The van der Waals surface area contributed by atoms with Crippen LogP contribution in [0, 0.1) is 0 Å². The Morgan fingerprint density at radius 1 is 1.13 bits per heavy atom. The average molecular weight is 443 g/mol. The van der Waals surface area contributed by atoms with E-state index < -0.39 is 0 Å². The summed E-state index contributed by atoms with van der Waals surface area (Å²) < 4.78 is 10.4. The van der Waals surface area contributed by atoms with E-state index in [1.807, 2.05) is 17.0 Å². The van der Waals surface area contributed by atoms with Crippen molar-refractivity contribution in [3.63, 3.8) is 0 Å². The van der Waals surface area contributed by atoms with Gasteiger partial charge in [-0.05, 0) is 30.7 Å². The van der Waals surface area contributed by atoms with Gasteiger partial charge in [-0.25, -0.2) is 0 Å². The number of methoxy groups -OCH3 is 1. The first-order valence-electron chi connectivity index (χ1n) is 10.1. The molecule has 0 spiro atoms. The van der Waals surface area contributed by atoms with E-state index in [1.54, 1.807) is 31.6 Å². The van der Waals surface area contributed by atoms with Crippen molar-refractivity contribution in [1.82, 2.24) is 25.0 Å². The number of aromatic nitrogens is 4. The predicted octanol–water partition coefficient (Wildman–Crippen LogP) is 2.86. The molecule has 0 unspecified atom stereocenters. The number of carbonyl (C=O) groups is 1. The van der Waals surface area contributed by atoms with Crippen LogP contribution in [0.1, 0.15) is 18.7 Å². The second-order valence-electron chi connectivity index (χ2n) is 7.16. The van der Waals surface area contributed by atoms with Crippen molar-refractivity contribution >= 4 is 23.3 Å². The molecule has 3 heterocycles. The number of nitrogens with zero attached hydrogens (tertiary/aromatic N) is 6. The first-order chi connectivity index (χ1) is 15.1. The molecule has 3 aromatic rings. The fraction of sp³-hybridized carbons (Fsp3) is 0.381. The standard InChI is InChI=1S/C21H23ClN6O3/c1-30-19-14-23-13-17(24-19)27-9-11-28(12-10-27)20(29)4-2-3-18-25-21(26-31-18)15-5-7-16(22)8-6-15/h5-8,13-14H,2-4,9-12H2,1H3. The Bertz CT molecular complexity index is 1020. The lowest BCUT2D eigenvalue weighted by molar-refractivity contribution is -0.131. The number of halogens is 1. The van der Waals surface area contributed by atoms with Crippen molar-refractivity contribution in [2.24, 2.45) is 0 Å². The van der Waals surface area contributed by atoms with E-state index in [4.69, 9.17) is 20.9 Å². The summed E-state index contributed by atoms with van der Waals surface area (Å²) in [7, 11) is 1.57. The van der Waals surface area contributed by atoms with Gasteiger partial charge in [0, 0.05) is 49.6 Å². The number of hydrogen-bond donors (Lipinski definition) is 0. The van der Waals surface area contributed by atoms with Crippen LogP contribution in [-0.4, -0.2) is 64.2 Å². The summed E-state index contributed by atoms with van der Waals surface area (Å²) in [6.45, 7) is 2.72. The molecule has 1 fully saturated rings. The molecular formula is C21H23ClN6O3. The summed E-state index contributed by atoms with van der Waals surface area (Å²) in [6.07, 6.45) is 4.94. The van der Waals surface area contributed by atoms with Crippen LogP contribution < -0.4 is 9.64 Å². The molecule has 0 radical (unpaired) electrons. The van der Waals surface area contributed by atoms with Gasteiger partial charge in [-0.15, -0.1) is 0 Å². The van der Waals surface area contributed by atoms with Gasteiger partial charge in [0.05, 0.1) is 19.5 Å². The fourth-order valence-electron chi connectivity index (χ4n) is 3.40. The van der Waals surface area contributed by atoms with Gasteiger partial charge in [-0.2, -0.15) is 9.97 Å². The van der Waals surface area contributed by atoms with Crippen LogP contribution in [0.3, 0.4) is 0 Å². The number of amides is 1. The molecule has 9 nitrogen and oxygen atoms in total. The highest BCUT2D eigenvalue weighted by Gasteiger charge is 2.22. The van der Waals surface area contributed by atoms with Crippen LogP contribution in [0.5, 0.6) is 5.88 Å². The zero-order valence-electron chi connectivity index (χ0n) is 17.2. The molecule has 0 aliphatic carbocycles. The van der Waals surface area contributed by atoms with Crippen molar-refractivity contribution in [1.29, 1.82) is 0 Å². The third kappa shape index (κ3) is 5.29. The van der Waals surface area contributed by atoms with Gasteiger partial charge in [0.15, 0.2) is 5.82 Å². The molecule has 0 N–H and O–H groups in total. The van der Waals surface area contributed by atoms with Crippen LogP contribution in [0.25, 0.3) is 11.4 Å². The lowest BCUT2D eigenvalue weighted by atomic mass is 10.2. The molecule has 2 aromatic heterocycles. The highest BCUT2D eigenvalue weighted by atomic mass is 35.5. The number of benzene rings is 1. The Labute approximate surface area is 185 Å². The van der Waals surface area contributed by atoms with Crippen molar-refractivity contribution in [2.75, 3.05) is 38.2 Å². The van der Waals surface area contributed by atoms with Crippen LogP contribution in [0.4, 0.5) is 5.82 Å². The van der Waals surface area contributed by atoms with E-state index in [9.17, 15) is 4.79 Å². The van der Waals surface area contributed by atoms with E-state index >= 15 is 0 Å². The maximum atomic E-state index is 12.6. The highest BCUT2D eigenvalue weighted by Crippen LogP contribution is 2.20. The molecule has 10 heteroatoms. The molecular weight excluding hydrogens is 420 g/mol. The van der Waals surface area contributed by atoms with E-state index in [1.165, 1.54) is 0 Å². The molecule has 1 aromatic carbocycles. The Morgan fingerprint density at radius 2 is 1.90 bits per heavy atom. The quantitative estimate of drug-likeness (QED) is 0.551. The minimum atomic E-state index is 0.133. The molecule has 162 valence electrons. The number of aryl methyl sites for hydroxylation is 1. The largest absolute Gasteiger partial charge is 0.480 e. The number of ether oxygens (including phenoxy) is 1. The second-order valence-corrected chi connectivity index (χ2v) is 7.60. The summed E-state index contributed by atoms with van der Waals surface area (Å²) >= 11 is 5.90. The van der Waals surface area contributed by atoms with Gasteiger partial charge in [-0.1, -0.05) is 16.8 Å². The maximum absolute atomic E-state index is 12.6. The van der Waals surface area contributed by atoms with Gasteiger partial charge in [0.25, 0.3) is 0 Å². The summed E-state index contributed by atoms with van der Waals surface area (Å²) in [5.74, 6) is 2.43. The Morgan fingerprint density at radius 3 is 2.65 bits per heavy atom. The lowest BCUT2D eigenvalue weighted by Gasteiger charge is -2.35. The second kappa shape index (κ2) is 9.74. The Kier molecular flexibility index (Phi) is 6.61. The third-order valence-corrected chi connectivity index (χ3v) is 5.37. The smallest absolute Gasteiger partial charge is 0.233 e. The van der Waals surface area contributed by atoms with E-state index in [-0.39, 0.29) is 5.91 Å². The zero-order chi connectivity index (χ0) is 21.6. The topological polar surface area (TPSA) is 97.5 Å². The summed E-state index contributed by atoms with van der Waals surface area (Å²) in [4.78, 5) is 29.5. The summed E-state index contributed by atoms with van der Waals surface area (Å²) in [6, 6.07) is 7.26. The average Bonchev–Trinajstić information content (AvgIpc) is 3.28. The summed E-state index contributed by atoms with van der Waals surface area (Å²) in [5.41, 5.74) is 0.842. The molecule has 1 saturated heterocycles. The van der Waals surface area contributed by atoms with Crippen molar-refractivity contribution in [3.05, 3.63) is 47.6 Å². The van der Waals surface area contributed by atoms with Crippen LogP contribution in [0.15, 0.2) is 41.2 Å². The van der Waals surface area contributed by atoms with E-state index in [0.29, 0.717) is 68.1 Å². The van der Waals surface area contributed by atoms with Gasteiger partial charge in [0.1, 0.15) is 0 Å². The maximum Gasteiger partial charge on any atom is 0.233 e. The van der Waals surface area contributed by atoms with Crippen LogP contribution in [-0.2, 0) is 11.2 Å². The van der Waals surface area contributed by atoms with Gasteiger partial charge >= 0.3 is 0 Å². The van der Waals surface area contributed by atoms with E-state index in [2.05, 4.69) is 25.0 Å². The third-order valence-electron chi connectivity index (χ3n) is 5.12. The fourth-order valence-corrected chi connectivity index (χ4v) is 3.52. The SMILES string of the molecule is COc1cncc(N2CCN(C(=O)CCCc3nc(-c4ccc(Cl)cc4)no3)CC2)n1. The minimum Gasteiger partial charge on any atom is -0.480 e. The van der Waals surface area contributed by atoms with Crippen molar-refractivity contribution in [3.8, 4) is 17.3 Å². The lowest BCUT2D eigenvalue weighted by Crippen LogP contribution is -2.49. The molecule has 1 aliphatic heterocycles.